The van der Waals surface area contributed by atoms with Gasteiger partial charge < -0.3 is 15.2 Å². The molecule has 0 unspecified atom stereocenters. The van der Waals surface area contributed by atoms with Crippen LogP contribution in [0.15, 0.2) is 85.9 Å². The molecule has 0 spiro atoms. The Balaban J connectivity index is 4.88. The second-order valence-electron chi connectivity index (χ2n) is 4.76. The minimum Gasteiger partial charge on any atom is -0.490 e. The van der Waals surface area contributed by atoms with Crippen LogP contribution < -0.4 is 5.32 Å². The van der Waals surface area contributed by atoms with Gasteiger partial charge >= 0.3 is 0 Å². The molecule has 0 rings (SSSR count). The maximum absolute atomic E-state index is 12.2. The number of aliphatic hydroxyl groups is 1. The summed E-state index contributed by atoms with van der Waals surface area (Å²) in [6.45, 7) is 13.7. The quantitative estimate of drug-likeness (QED) is 0.480. The van der Waals surface area contributed by atoms with Crippen LogP contribution in [0.4, 0.5) is 0 Å². The van der Waals surface area contributed by atoms with Crippen molar-refractivity contribution in [3.63, 3.8) is 0 Å². The van der Waals surface area contributed by atoms with Crippen molar-refractivity contribution >= 4 is 5.91 Å². The summed E-state index contributed by atoms with van der Waals surface area (Å²) in [6, 6.07) is 0. The number of ether oxygens (including phenoxy) is 1. The zero-order chi connectivity index (χ0) is 17.7. The highest BCUT2D eigenvalue weighted by atomic mass is 16.5. The third-order valence-corrected chi connectivity index (χ3v) is 2.66. The van der Waals surface area contributed by atoms with Crippen molar-refractivity contribution in [3.8, 4) is 0 Å². The lowest BCUT2D eigenvalue weighted by atomic mass is 10.1. The van der Waals surface area contributed by atoms with Gasteiger partial charge in [-0.2, -0.15) is 0 Å². The first kappa shape index (κ1) is 20.4. The molecule has 2 N–H and O–H groups in total. The Kier molecular flexibility index (Phi) is 9.80. The monoisotopic (exact) mass is 315 g/mol. The Morgan fingerprint density at radius 1 is 1.17 bits per heavy atom. The molecule has 4 nitrogen and oxygen atoms in total. The zero-order valence-electron chi connectivity index (χ0n) is 13.8. The van der Waals surface area contributed by atoms with E-state index in [2.05, 4.69) is 25.1 Å². The van der Waals surface area contributed by atoms with Crippen LogP contribution in [0.5, 0.6) is 0 Å². The molecule has 1 amide bonds. The van der Waals surface area contributed by atoms with Gasteiger partial charge in [-0.15, -0.1) is 0 Å². The van der Waals surface area contributed by atoms with E-state index in [0.717, 1.165) is 0 Å². The van der Waals surface area contributed by atoms with Crippen LogP contribution in [0.25, 0.3) is 0 Å². The van der Waals surface area contributed by atoms with Crippen molar-refractivity contribution in [2.24, 2.45) is 0 Å². The van der Waals surface area contributed by atoms with E-state index < -0.39 is 11.5 Å². The molecule has 0 aromatic rings. The first-order valence-electron chi connectivity index (χ1n) is 7.15. The van der Waals surface area contributed by atoms with Gasteiger partial charge in [0.15, 0.2) is 5.60 Å². The van der Waals surface area contributed by atoms with Crippen LogP contribution >= 0.6 is 0 Å². The van der Waals surface area contributed by atoms with Crippen molar-refractivity contribution in [1.82, 2.24) is 5.32 Å². The van der Waals surface area contributed by atoms with E-state index >= 15 is 0 Å². The SMILES string of the molecule is C=C/C=C\C(=C/C=C)NC(=O)[C@@](C)(O)COC(/C=C\C=C)=C/C. The Morgan fingerprint density at radius 2 is 1.78 bits per heavy atom. The highest BCUT2D eigenvalue weighted by molar-refractivity contribution is 5.86. The van der Waals surface area contributed by atoms with Gasteiger partial charge in [0.1, 0.15) is 12.4 Å². The fraction of sp³-hybridized carbons (Fsp3) is 0.211. The van der Waals surface area contributed by atoms with Gasteiger partial charge in [-0.05, 0) is 38.2 Å². The predicted octanol–water partition coefficient (Wildman–Crippen LogP) is 3.33. The zero-order valence-corrected chi connectivity index (χ0v) is 13.8. The molecule has 0 saturated heterocycles. The number of carbonyl (C=O) groups is 1. The van der Waals surface area contributed by atoms with Gasteiger partial charge in [-0.3, -0.25) is 4.79 Å². The van der Waals surface area contributed by atoms with Gasteiger partial charge in [-0.25, -0.2) is 0 Å². The van der Waals surface area contributed by atoms with E-state index in [9.17, 15) is 9.90 Å². The van der Waals surface area contributed by atoms with Gasteiger partial charge in [0.25, 0.3) is 5.91 Å². The molecule has 0 bridgehead atoms. The van der Waals surface area contributed by atoms with Crippen molar-refractivity contribution in [1.29, 1.82) is 0 Å². The lowest BCUT2D eigenvalue weighted by Gasteiger charge is -2.23. The fourth-order valence-electron chi connectivity index (χ4n) is 1.38. The third-order valence-electron chi connectivity index (χ3n) is 2.66. The van der Waals surface area contributed by atoms with Crippen molar-refractivity contribution in [3.05, 3.63) is 85.9 Å². The lowest BCUT2D eigenvalue weighted by molar-refractivity contribution is -0.141. The molecule has 0 aromatic heterocycles. The van der Waals surface area contributed by atoms with Crippen molar-refractivity contribution in [2.45, 2.75) is 19.4 Å². The summed E-state index contributed by atoms with van der Waals surface area (Å²) in [6.07, 6.45) is 14.8. The number of carbonyl (C=O) groups excluding carboxylic acids is 1. The standard InChI is InChI=1S/C19H25NO3/c1-6-10-13-16(12-8-3)20-18(21)19(5,22)15-23-17(9-4)14-11-7-2/h6-14,22H,1-3,15H2,4-5H3,(H,20,21)/b13-10-,14-11-,16-12+,17-9+/t19-/m0/s1. The van der Waals surface area contributed by atoms with Crippen molar-refractivity contribution in [2.75, 3.05) is 6.61 Å². The summed E-state index contributed by atoms with van der Waals surface area (Å²) in [5, 5.41) is 12.9. The van der Waals surface area contributed by atoms with Crippen LogP contribution in [0.3, 0.4) is 0 Å². The molecule has 0 aliphatic carbocycles. The lowest BCUT2D eigenvalue weighted by Crippen LogP contribution is -2.47. The molecule has 23 heavy (non-hydrogen) atoms. The first-order chi connectivity index (χ1) is 10.9. The number of amides is 1. The number of nitrogens with one attached hydrogen (secondary N) is 1. The van der Waals surface area contributed by atoms with Crippen LogP contribution in [-0.2, 0) is 9.53 Å². The Labute approximate surface area is 138 Å². The van der Waals surface area contributed by atoms with E-state index in [0.29, 0.717) is 11.5 Å². The van der Waals surface area contributed by atoms with Gasteiger partial charge in [0.05, 0.1) is 0 Å². The first-order valence-corrected chi connectivity index (χ1v) is 7.15. The van der Waals surface area contributed by atoms with E-state index in [1.54, 1.807) is 55.5 Å². The minimum absolute atomic E-state index is 0.188. The maximum Gasteiger partial charge on any atom is 0.259 e. The number of rotatable bonds is 10. The normalized spacial score (nSPS) is 15.3. The topological polar surface area (TPSA) is 58.6 Å². The highest BCUT2D eigenvalue weighted by Gasteiger charge is 2.31. The summed E-state index contributed by atoms with van der Waals surface area (Å²) in [5.41, 5.74) is -1.21. The highest BCUT2D eigenvalue weighted by Crippen LogP contribution is 2.10. The smallest absolute Gasteiger partial charge is 0.259 e. The van der Waals surface area contributed by atoms with Gasteiger partial charge in [0, 0.05) is 5.70 Å². The molecule has 1 atom stereocenters. The Morgan fingerprint density at radius 3 is 2.30 bits per heavy atom. The summed E-state index contributed by atoms with van der Waals surface area (Å²) in [4.78, 5) is 12.2. The average Bonchev–Trinajstić information content (AvgIpc) is 2.52. The van der Waals surface area contributed by atoms with Crippen LogP contribution in [0, 0.1) is 0 Å². The molecule has 0 heterocycles. The summed E-state index contributed by atoms with van der Waals surface area (Å²) in [7, 11) is 0. The van der Waals surface area contributed by atoms with E-state index in [-0.39, 0.29) is 6.61 Å². The molecule has 4 heteroatoms. The van der Waals surface area contributed by atoms with Crippen LogP contribution in [-0.4, -0.2) is 23.2 Å². The largest absolute Gasteiger partial charge is 0.490 e. The average molecular weight is 315 g/mol. The fourth-order valence-corrected chi connectivity index (χ4v) is 1.38. The molecule has 0 radical (unpaired) electrons. The molecule has 124 valence electrons. The van der Waals surface area contributed by atoms with E-state index in [1.165, 1.54) is 13.0 Å². The van der Waals surface area contributed by atoms with Crippen molar-refractivity contribution < 1.29 is 14.6 Å². The molecule has 0 saturated carbocycles. The molecule has 0 fully saturated rings. The summed E-state index contributed by atoms with van der Waals surface area (Å²) >= 11 is 0. The molecule has 0 aliphatic heterocycles. The predicted molar refractivity (Wildman–Crippen MR) is 95.4 cm³/mol. The maximum atomic E-state index is 12.2. The number of hydrogen-bond donors (Lipinski definition) is 2. The molecule has 0 aliphatic rings. The van der Waals surface area contributed by atoms with Gasteiger partial charge in [-0.1, -0.05) is 50.1 Å². The molecular formula is C19H25NO3. The molecule has 0 aromatic carbocycles. The van der Waals surface area contributed by atoms with Gasteiger partial charge in [0.2, 0.25) is 0 Å². The second kappa shape index (κ2) is 11.0. The van der Waals surface area contributed by atoms with E-state index in [4.69, 9.17) is 4.74 Å². The summed E-state index contributed by atoms with van der Waals surface area (Å²) < 4.78 is 5.44. The van der Waals surface area contributed by atoms with Crippen LogP contribution in [0.2, 0.25) is 0 Å². The van der Waals surface area contributed by atoms with E-state index in [1.807, 2.05) is 0 Å². The number of allylic oxidation sites excluding steroid dienone is 9. The van der Waals surface area contributed by atoms with Crippen LogP contribution in [0.1, 0.15) is 13.8 Å². The molecular weight excluding hydrogens is 290 g/mol. The number of hydrogen-bond acceptors (Lipinski definition) is 3. The Hall–Kier alpha value is -2.59. The Bertz CT molecular complexity index is 549. The third kappa shape index (κ3) is 8.44. The summed E-state index contributed by atoms with van der Waals surface area (Å²) in [5.74, 6) is -0.0474. The second-order valence-corrected chi connectivity index (χ2v) is 4.76. The minimum atomic E-state index is -1.70.